The van der Waals surface area contributed by atoms with Gasteiger partial charge in [-0.2, -0.15) is 5.10 Å². The summed E-state index contributed by atoms with van der Waals surface area (Å²) in [7, 11) is 1.90. The molecule has 7 nitrogen and oxygen atoms in total. The molecule has 2 aromatic heterocycles. The summed E-state index contributed by atoms with van der Waals surface area (Å²) in [5, 5.41) is 7.45. The molecule has 1 amide bonds. The molecule has 1 aliphatic heterocycles. The molecule has 1 aromatic carbocycles. The topological polar surface area (TPSA) is 68.0 Å². The number of aryl methyl sites for hydroxylation is 2. The Kier molecular flexibility index (Phi) is 7.72. The molecule has 0 saturated carbocycles. The van der Waals surface area contributed by atoms with Crippen molar-refractivity contribution in [3.05, 3.63) is 41.5 Å². The van der Waals surface area contributed by atoms with Crippen LogP contribution in [0.3, 0.4) is 0 Å². The molecule has 0 radical (unpaired) electrons. The van der Waals surface area contributed by atoms with E-state index in [9.17, 15) is 4.79 Å². The lowest BCUT2D eigenvalue weighted by Crippen LogP contribution is -2.40. The third-order valence-electron chi connectivity index (χ3n) is 6.15. The van der Waals surface area contributed by atoms with E-state index < -0.39 is 0 Å². The second kappa shape index (κ2) is 10.3. The van der Waals surface area contributed by atoms with Gasteiger partial charge in [-0.15, -0.1) is 0 Å². The maximum atomic E-state index is 12.7. The molecule has 3 aromatic rings. The van der Waals surface area contributed by atoms with Gasteiger partial charge in [0.05, 0.1) is 34.7 Å². The van der Waals surface area contributed by atoms with Gasteiger partial charge in [0.2, 0.25) is 5.91 Å². The minimum absolute atomic E-state index is 0.0206. The number of fused-ring (bicyclic) bond motifs is 1. The van der Waals surface area contributed by atoms with Crippen LogP contribution < -0.4 is 5.32 Å². The molecule has 1 fully saturated rings. The van der Waals surface area contributed by atoms with E-state index >= 15 is 0 Å². The molecule has 1 aliphatic rings. The number of hydrogen-bond donors (Lipinski definition) is 1. The third-order valence-corrected chi connectivity index (χ3v) is 6.15. The van der Waals surface area contributed by atoms with Crippen LogP contribution in [0.25, 0.3) is 11.0 Å². The Morgan fingerprint density at radius 1 is 1.22 bits per heavy atom. The van der Waals surface area contributed by atoms with Gasteiger partial charge in [-0.1, -0.05) is 26.0 Å². The molecule has 174 valence electrons. The summed E-state index contributed by atoms with van der Waals surface area (Å²) in [6, 6.07) is 8.71. The number of carbonyl (C=O) groups excluding carboxylic acids is 1. The monoisotopic (exact) mass is 438 g/mol. The first-order chi connectivity index (χ1) is 15.3. The average Bonchev–Trinajstić information content (AvgIpc) is 3.28. The number of benzene rings is 1. The first-order valence-electron chi connectivity index (χ1n) is 11.8. The minimum atomic E-state index is 0.0206. The number of hydrogen-bond acceptors (Lipinski definition) is 4. The summed E-state index contributed by atoms with van der Waals surface area (Å²) >= 11 is 0. The zero-order chi connectivity index (χ0) is 23.4. The number of rotatable bonds is 5. The fourth-order valence-electron chi connectivity index (χ4n) is 4.64. The molecule has 4 rings (SSSR count). The summed E-state index contributed by atoms with van der Waals surface area (Å²) in [5.41, 5.74) is 4.91. The number of likely N-dealkylation sites (tertiary alicyclic amines) is 1. The second-order valence-corrected chi connectivity index (χ2v) is 8.71. The van der Waals surface area contributed by atoms with Crippen molar-refractivity contribution in [2.75, 3.05) is 25.0 Å². The quantitative estimate of drug-likeness (QED) is 0.621. The number of nitrogens with zero attached hydrogens (tertiary/aromatic N) is 5. The fourth-order valence-corrected chi connectivity index (χ4v) is 4.64. The summed E-state index contributed by atoms with van der Waals surface area (Å²) in [4.78, 5) is 20.0. The Morgan fingerprint density at radius 2 is 1.94 bits per heavy atom. The molecular weight excluding hydrogens is 400 g/mol. The van der Waals surface area contributed by atoms with Crippen LogP contribution in [0.1, 0.15) is 69.7 Å². The van der Waals surface area contributed by atoms with Crippen LogP contribution >= 0.6 is 0 Å². The molecule has 3 heterocycles. The van der Waals surface area contributed by atoms with E-state index in [2.05, 4.69) is 51.9 Å². The highest BCUT2D eigenvalue weighted by atomic mass is 16.2. The number of aromatic nitrogens is 4. The van der Waals surface area contributed by atoms with E-state index in [1.54, 1.807) is 4.68 Å². The highest BCUT2D eigenvalue weighted by Gasteiger charge is 2.28. The van der Waals surface area contributed by atoms with Gasteiger partial charge >= 0.3 is 0 Å². The second-order valence-electron chi connectivity index (χ2n) is 8.71. The van der Waals surface area contributed by atoms with E-state index in [-0.39, 0.29) is 5.91 Å². The van der Waals surface area contributed by atoms with Crippen LogP contribution in [0.2, 0.25) is 0 Å². The summed E-state index contributed by atoms with van der Waals surface area (Å²) < 4.78 is 4.17. The Bertz CT molecular complexity index is 1060. The van der Waals surface area contributed by atoms with E-state index in [0.717, 1.165) is 54.3 Å². The van der Waals surface area contributed by atoms with E-state index in [1.165, 1.54) is 5.52 Å². The van der Waals surface area contributed by atoms with Gasteiger partial charge in [0, 0.05) is 25.6 Å². The third kappa shape index (κ3) is 4.88. The van der Waals surface area contributed by atoms with Crippen molar-refractivity contribution in [3.63, 3.8) is 0 Å². The molecule has 1 atom stereocenters. The summed E-state index contributed by atoms with van der Waals surface area (Å²) in [6.07, 6.45) is 2.18. The van der Waals surface area contributed by atoms with Gasteiger partial charge in [-0.25, -0.2) is 4.98 Å². The van der Waals surface area contributed by atoms with Crippen LogP contribution in [0, 0.1) is 13.8 Å². The van der Waals surface area contributed by atoms with E-state index in [4.69, 9.17) is 4.98 Å². The molecule has 7 heteroatoms. The molecular formula is C25H38N6O. The standard InChI is InChI=1S/C23H32N6O.C2H6/c1-15(2)29-20-11-7-6-10-19(20)24-23(29)18-9-8-12-28(13-18)14-21(30)25-22-16(3)26-27(5)17(22)4;1-2/h6-7,10-11,15,18H,8-9,12-14H2,1-5H3,(H,25,30);1-2H3. The smallest absolute Gasteiger partial charge is 0.238 e. The molecule has 1 unspecified atom stereocenters. The highest BCUT2D eigenvalue weighted by molar-refractivity contribution is 5.93. The highest BCUT2D eigenvalue weighted by Crippen LogP contribution is 2.31. The van der Waals surface area contributed by atoms with Crippen LogP contribution in [0.4, 0.5) is 5.69 Å². The van der Waals surface area contributed by atoms with Crippen molar-refractivity contribution < 1.29 is 4.79 Å². The normalized spacial score (nSPS) is 16.8. The molecule has 1 N–H and O–H groups in total. The van der Waals surface area contributed by atoms with Crippen molar-refractivity contribution in [1.82, 2.24) is 24.2 Å². The van der Waals surface area contributed by atoms with Crippen LogP contribution in [-0.4, -0.2) is 49.8 Å². The predicted molar refractivity (Wildman–Crippen MR) is 131 cm³/mol. The molecule has 0 spiro atoms. The van der Waals surface area contributed by atoms with Crippen LogP contribution in [0.15, 0.2) is 24.3 Å². The fraction of sp³-hybridized carbons (Fsp3) is 0.560. The number of anilines is 1. The van der Waals surface area contributed by atoms with E-state index in [1.807, 2.05) is 40.8 Å². The number of nitrogens with one attached hydrogen (secondary N) is 1. The van der Waals surface area contributed by atoms with Crippen molar-refractivity contribution >= 4 is 22.6 Å². The lowest BCUT2D eigenvalue weighted by Gasteiger charge is -2.32. The largest absolute Gasteiger partial charge is 0.325 e. The van der Waals surface area contributed by atoms with Gasteiger partial charge in [-0.05, 0) is 59.2 Å². The number of piperidine rings is 1. The van der Waals surface area contributed by atoms with Gasteiger partial charge in [-0.3, -0.25) is 14.4 Å². The zero-order valence-corrected chi connectivity index (χ0v) is 20.6. The van der Waals surface area contributed by atoms with Gasteiger partial charge < -0.3 is 9.88 Å². The molecule has 32 heavy (non-hydrogen) atoms. The van der Waals surface area contributed by atoms with E-state index in [0.29, 0.717) is 18.5 Å². The maximum Gasteiger partial charge on any atom is 0.238 e. The first kappa shape index (κ1) is 24.0. The van der Waals surface area contributed by atoms with Crippen LogP contribution in [0.5, 0.6) is 0 Å². The van der Waals surface area contributed by atoms with Crippen molar-refractivity contribution in [2.24, 2.45) is 7.05 Å². The van der Waals surface area contributed by atoms with Gasteiger partial charge in [0.15, 0.2) is 0 Å². The SMILES string of the molecule is CC.Cc1nn(C)c(C)c1NC(=O)CN1CCCC(c2nc3ccccc3n2C(C)C)C1. The molecule has 0 bridgehead atoms. The number of imidazole rings is 1. The Labute approximate surface area is 191 Å². The zero-order valence-electron chi connectivity index (χ0n) is 20.6. The van der Waals surface area contributed by atoms with Crippen molar-refractivity contribution in [1.29, 1.82) is 0 Å². The molecule has 1 saturated heterocycles. The Morgan fingerprint density at radius 3 is 2.59 bits per heavy atom. The maximum absolute atomic E-state index is 12.7. The average molecular weight is 439 g/mol. The van der Waals surface area contributed by atoms with Crippen molar-refractivity contribution in [2.45, 2.75) is 66.3 Å². The van der Waals surface area contributed by atoms with Gasteiger partial charge in [0.1, 0.15) is 5.82 Å². The minimum Gasteiger partial charge on any atom is -0.325 e. The lowest BCUT2D eigenvalue weighted by atomic mass is 9.96. The van der Waals surface area contributed by atoms with Gasteiger partial charge in [0.25, 0.3) is 0 Å². The number of amides is 1. The predicted octanol–water partition coefficient (Wildman–Crippen LogP) is 4.81. The Balaban J connectivity index is 0.00000141. The first-order valence-corrected chi connectivity index (χ1v) is 11.8. The lowest BCUT2D eigenvalue weighted by molar-refractivity contribution is -0.117. The summed E-state index contributed by atoms with van der Waals surface area (Å²) in [6.45, 7) is 14.5. The number of para-hydroxylation sites is 2. The van der Waals surface area contributed by atoms with Crippen LogP contribution in [-0.2, 0) is 11.8 Å². The Hall–Kier alpha value is -2.67. The summed E-state index contributed by atoms with van der Waals surface area (Å²) in [5.74, 6) is 1.51. The number of carbonyl (C=O) groups is 1. The molecule has 0 aliphatic carbocycles. The van der Waals surface area contributed by atoms with Crippen molar-refractivity contribution in [3.8, 4) is 0 Å².